The van der Waals surface area contributed by atoms with Crippen LogP contribution in [-0.2, 0) is 6.18 Å². The predicted molar refractivity (Wildman–Crippen MR) is 86.0 cm³/mol. The van der Waals surface area contributed by atoms with E-state index < -0.39 is 11.7 Å². The van der Waals surface area contributed by atoms with Crippen molar-refractivity contribution in [2.45, 2.75) is 13.1 Å². The molecule has 0 spiro atoms. The van der Waals surface area contributed by atoms with Crippen molar-refractivity contribution in [1.29, 1.82) is 0 Å². The average molecular weight is 324 g/mol. The summed E-state index contributed by atoms with van der Waals surface area (Å²) in [6, 6.07) is 12.7. The predicted octanol–water partition coefficient (Wildman–Crippen LogP) is 4.63. The Bertz CT molecular complexity index is 612. The summed E-state index contributed by atoms with van der Waals surface area (Å²) < 4.78 is 43.2. The zero-order valence-electron chi connectivity index (χ0n) is 12.8. The highest BCUT2D eigenvalue weighted by Gasteiger charge is 2.30. The molecule has 3 nitrogen and oxygen atoms in total. The molecule has 0 aliphatic carbocycles. The summed E-state index contributed by atoms with van der Waals surface area (Å²) in [5, 5.41) is 6.16. The second-order valence-corrected chi connectivity index (χ2v) is 4.89. The summed E-state index contributed by atoms with van der Waals surface area (Å²) >= 11 is 0. The van der Waals surface area contributed by atoms with Gasteiger partial charge in [-0.15, -0.1) is 0 Å². The summed E-state index contributed by atoms with van der Waals surface area (Å²) in [4.78, 5) is 0. The van der Waals surface area contributed by atoms with Gasteiger partial charge < -0.3 is 15.4 Å². The molecule has 2 aromatic rings. The van der Waals surface area contributed by atoms with Gasteiger partial charge in [0.2, 0.25) is 0 Å². The third-order valence-electron chi connectivity index (χ3n) is 3.14. The number of alkyl halides is 3. The molecule has 6 heteroatoms. The highest BCUT2D eigenvalue weighted by Crippen LogP contribution is 2.30. The van der Waals surface area contributed by atoms with E-state index in [4.69, 9.17) is 4.74 Å². The van der Waals surface area contributed by atoms with Crippen LogP contribution in [0.1, 0.15) is 12.5 Å². The van der Waals surface area contributed by atoms with E-state index in [9.17, 15) is 13.2 Å². The van der Waals surface area contributed by atoms with E-state index in [1.165, 1.54) is 6.07 Å². The molecular formula is C17H19F3N2O. The molecule has 0 aliphatic rings. The summed E-state index contributed by atoms with van der Waals surface area (Å²) in [6.07, 6.45) is -4.32. The minimum atomic E-state index is -4.32. The minimum Gasteiger partial charge on any atom is -0.494 e. The van der Waals surface area contributed by atoms with Crippen molar-refractivity contribution in [3.05, 3.63) is 54.1 Å². The highest BCUT2D eigenvalue weighted by atomic mass is 19.4. The molecule has 0 fully saturated rings. The van der Waals surface area contributed by atoms with Gasteiger partial charge in [-0.2, -0.15) is 13.2 Å². The third-order valence-corrected chi connectivity index (χ3v) is 3.14. The number of hydrogen-bond donors (Lipinski definition) is 2. The molecule has 0 saturated heterocycles. The molecule has 0 saturated carbocycles. The lowest BCUT2D eigenvalue weighted by Gasteiger charge is -2.12. The molecule has 2 N–H and O–H groups in total. The van der Waals surface area contributed by atoms with Gasteiger partial charge in [0.05, 0.1) is 12.2 Å². The second-order valence-electron chi connectivity index (χ2n) is 4.89. The van der Waals surface area contributed by atoms with E-state index in [2.05, 4.69) is 10.6 Å². The van der Waals surface area contributed by atoms with Crippen molar-refractivity contribution in [3.63, 3.8) is 0 Å². The molecule has 23 heavy (non-hydrogen) atoms. The molecule has 0 heterocycles. The maximum absolute atomic E-state index is 12.6. The quantitative estimate of drug-likeness (QED) is 0.729. The van der Waals surface area contributed by atoms with E-state index in [0.29, 0.717) is 25.4 Å². The fourth-order valence-corrected chi connectivity index (χ4v) is 2.05. The summed E-state index contributed by atoms with van der Waals surface area (Å²) in [5.74, 6) is 0.806. The lowest BCUT2D eigenvalue weighted by Crippen LogP contribution is -2.14. The molecule has 2 rings (SSSR count). The largest absolute Gasteiger partial charge is 0.494 e. The number of halogens is 3. The minimum absolute atomic E-state index is 0.452. The van der Waals surface area contributed by atoms with E-state index in [-0.39, 0.29) is 0 Å². The molecular weight excluding hydrogens is 305 g/mol. The molecule has 124 valence electrons. The molecule has 0 unspecified atom stereocenters. The van der Waals surface area contributed by atoms with Crippen molar-refractivity contribution >= 4 is 11.4 Å². The standard InChI is InChI=1S/C17H19F3N2O/c1-2-23-16-8-6-14(7-9-16)21-10-11-22-15-5-3-4-13(12-15)17(18,19)20/h3-9,12,21-22H,2,10-11H2,1H3. The molecule has 0 aromatic heterocycles. The zero-order valence-corrected chi connectivity index (χ0v) is 12.8. The maximum atomic E-state index is 12.6. The first-order valence-corrected chi connectivity index (χ1v) is 7.37. The normalized spacial score (nSPS) is 11.1. The Hall–Kier alpha value is -2.37. The fraction of sp³-hybridized carbons (Fsp3) is 0.294. The van der Waals surface area contributed by atoms with Crippen molar-refractivity contribution < 1.29 is 17.9 Å². The Morgan fingerprint density at radius 2 is 1.57 bits per heavy atom. The van der Waals surface area contributed by atoms with Gasteiger partial charge in [0, 0.05) is 24.5 Å². The molecule has 0 bridgehead atoms. The number of benzene rings is 2. The van der Waals surface area contributed by atoms with Gasteiger partial charge >= 0.3 is 6.18 Å². The van der Waals surface area contributed by atoms with Gasteiger partial charge in [-0.3, -0.25) is 0 Å². The maximum Gasteiger partial charge on any atom is 0.416 e. The number of hydrogen-bond acceptors (Lipinski definition) is 3. The van der Waals surface area contributed by atoms with Crippen molar-refractivity contribution in [3.8, 4) is 5.75 Å². The number of nitrogens with one attached hydrogen (secondary N) is 2. The van der Waals surface area contributed by atoms with E-state index in [1.807, 2.05) is 31.2 Å². The molecule has 0 radical (unpaired) electrons. The smallest absolute Gasteiger partial charge is 0.416 e. The summed E-state index contributed by atoms with van der Waals surface area (Å²) in [6.45, 7) is 3.64. The van der Waals surface area contributed by atoms with Crippen LogP contribution >= 0.6 is 0 Å². The van der Waals surface area contributed by atoms with Crippen LogP contribution < -0.4 is 15.4 Å². The van der Waals surface area contributed by atoms with Crippen LogP contribution in [0.15, 0.2) is 48.5 Å². The zero-order chi connectivity index (χ0) is 16.7. The Morgan fingerprint density at radius 3 is 2.17 bits per heavy atom. The second kappa shape index (κ2) is 7.76. The average Bonchev–Trinajstić information content (AvgIpc) is 2.53. The van der Waals surface area contributed by atoms with Crippen molar-refractivity contribution in [2.75, 3.05) is 30.3 Å². The Kier molecular flexibility index (Phi) is 5.73. The van der Waals surface area contributed by atoms with Crippen LogP contribution in [0.3, 0.4) is 0 Å². The number of ether oxygens (including phenoxy) is 1. The summed E-state index contributed by atoms with van der Waals surface area (Å²) in [7, 11) is 0. The fourth-order valence-electron chi connectivity index (χ4n) is 2.05. The van der Waals surface area contributed by atoms with Crippen LogP contribution in [0, 0.1) is 0 Å². The SMILES string of the molecule is CCOc1ccc(NCCNc2cccc(C(F)(F)F)c2)cc1. The molecule has 0 atom stereocenters. The highest BCUT2D eigenvalue weighted by molar-refractivity contribution is 5.48. The van der Waals surface area contributed by atoms with Crippen LogP contribution in [0.4, 0.5) is 24.5 Å². The first kappa shape index (κ1) is 17.0. The molecule has 0 aliphatic heterocycles. The van der Waals surface area contributed by atoms with Gasteiger partial charge in [0.25, 0.3) is 0 Å². The topological polar surface area (TPSA) is 33.3 Å². The Balaban J connectivity index is 1.79. The summed E-state index contributed by atoms with van der Waals surface area (Å²) in [5.41, 5.74) is 0.731. The monoisotopic (exact) mass is 324 g/mol. The lowest BCUT2D eigenvalue weighted by atomic mass is 10.2. The van der Waals surface area contributed by atoms with E-state index in [0.717, 1.165) is 23.6 Å². The third kappa shape index (κ3) is 5.39. The Labute approximate surface area is 133 Å². The van der Waals surface area contributed by atoms with E-state index >= 15 is 0 Å². The van der Waals surface area contributed by atoms with Gasteiger partial charge in [-0.1, -0.05) is 6.07 Å². The van der Waals surface area contributed by atoms with Gasteiger partial charge in [0.1, 0.15) is 5.75 Å². The van der Waals surface area contributed by atoms with Crippen LogP contribution in [-0.4, -0.2) is 19.7 Å². The van der Waals surface area contributed by atoms with Gasteiger partial charge in [0.15, 0.2) is 0 Å². The van der Waals surface area contributed by atoms with Crippen LogP contribution in [0.5, 0.6) is 5.75 Å². The van der Waals surface area contributed by atoms with Crippen LogP contribution in [0.25, 0.3) is 0 Å². The Morgan fingerprint density at radius 1 is 0.913 bits per heavy atom. The van der Waals surface area contributed by atoms with Gasteiger partial charge in [-0.25, -0.2) is 0 Å². The first-order chi connectivity index (χ1) is 11.0. The van der Waals surface area contributed by atoms with Crippen molar-refractivity contribution in [1.82, 2.24) is 0 Å². The molecule has 0 amide bonds. The van der Waals surface area contributed by atoms with Crippen molar-refractivity contribution in [2.24, 2.45) is 0 Å². The first-order valence-electron chi connectivity index (χ1n) is 7.37. The number of anilines is 2. The van der Waals surface area contributed by atoms with Gasteiger partial charge in [-0.05, 0) is 49.4 Å². The lowest BCUT2D eigenvalue weighted by molar-refractivity contribution is -0.137. The van der Waals surface area contributed by atoms with Crippen LogP contribution in [0.2, 0.25) is 0 Å². The number of rotatable bonds is 7. The molecule has 2 aromatic carbocycles. The van der Waals surface area contributed by atoms with E-state index in [1.54, 1.807) is 6.07 Å².